The summed E-state index contributed by atoms with van der Waals surface area (Å²) < 4.78 is 0. The molecule has 1 saturated heterocycles. The first-order valence-electron chi connectivity index (χ1n) is 6.59. The number of carbonyl (C=O) groups is 1. The van der Waals surface area contributed by atoms with E-state index in [4.69, 9.17) is 23.2 Å². The molecular weight excluding hydrogens is 283 g/mol. The standard InChI is InChI=1S/C14H18Cl2N2O/c1-2-18-7-3-4-11(18)9-17-14(19)12-6-5-10(15)8-13(12)16/h5-6,8,11H,2-4,7,9H2,1H3,(H,17,19)/t11-/m0/s1. The van der Waals surface area contributed by atoms with E-state index in [-0.39, 0.29) is 5.91 Å². The second kappa shape index (κ2) is 6.60. The highest BCUT2D eigenvalue weighted by atomic mass is 35.5. The molecule has 1 fully saturated rings. The molecule has 0 spiro atoms. The van der Waals surface area contributed by atoms with Gasteiger partial charge in [-0.25, -0.2) is 0 Å². The van der Waals surface area contributed by atoms with Crippen molar-refractivity contribution in [2.75, 3.05) is 19.6 Å². The molecule has 0 bridgehead atoms. The van der Waals surface area contributed by atoms with Crippen LogP contribution in [0.4, 0.5) is 0 Å². The Kier molecular flexibility index (Phi) is 5.08. The van der Waals surface area contributed by atoms with Crippen molar-refractivity contribution < 1.29 is 4.79 Å². The van der Waals surface area contributed by atoms with Crippen LogP contribution < -0.4 is 5.32 Å². The van der Waals surface area contributed by atoms with Gasteiger partial charge in [0.2, 0.25) is 0 Å². The molecule has 1 aromatic rings. The summed E-state index contributed by atoms with van der Waals surface area (Å²) in [6.07, 6.45) is 2.35. The van der Waals surface area contributed by atoms with Gasteiger partial charge in [0.05, 0.1) is 10.6 Å². The monoisotopic (exact) mass is 300 g/mol. The zero-order valence-corrected chi connectivity index (χ0v) is 12.5. The second-order valence-corrected chi connectivity index (χ2v) is 5.60. The van der Waals surface area contributed by atoms with Gasteiger partial charge in [0, 0.05) is 17.6 Å². The number of hydrogen-bond donors (Lipinski definition) is 1. The maximum absolute atomic E-state index is 12.1. The summed E-state index contributed by atoms with van der Waals surface area (Å²) in [5, 5.41) is 3.89. The topological polar surface area (TPSA) is 32.3 Å². The SMILES string of the molecule is CCN1CCC[C@H]1CNC(=O)c1ccc(Cl)cc1Cl. The van der Waals surface area contributed by atoms with Gasteiger partial charge in [0.25, 0.3) is 5.91 Å². The van der Waals surface area contributed by atoms with E-state index >= 15 is 0 Å². The molecule has 1 N–H and O–H groups in total. The van der Waals surface area contributed by atoms with Gasteiger partial charge in [-0.3, -0.25) is 9.69 Å². The van der Waals surface area contributed by atoms with Gasteiger partial charge < -0.3 is 5.32 Å². The van der Waals surface area contributed by atoms with E-state index in [2.05, 4.69) is 17.1 Å². The predicted octanol–water partition coefficient (Wildman–Crippen LogP) is 3.21. The van der Waals surface area contributed by atoms with Crippen molar-refractivity contribution >= 4 is 29.1 Å². The third-order valence-corrected chi connectivity index (χ3v) is 4.13. The molecule has 0 aliphatic carbocycles. The zero-order valence-electron chi connectivity index (χ0n) is 11.0. The van der Waals surface area contributed by atoms with E-state index in [9.17, 15) is 4.79 Å². The van der Waals surface area contributed by atoms with Crippen LogP contribution in [0.5, 0.6) is 0 Å². The highest BCUT2D eigenvalue weighted by Crippen LogP contribution is 2.21. The van der Waals surface area contributed by atoms with E-state index in [1.54, 1.807) is 18.2 Å². The lowest BCUT2D eigenvalue weighted by atomic mass is 10.2. The fraction of sp³-hybridized carbons (Fsp3) is 0.500. The van der Waals surface area contributed by atoms with Crippen molar-refractivity contribution in [2.24, 2.45) is 0 Å². The Hall–Kier alpha value is -0.770. The minimum atomic E-state index is -0.135. The van der Waals surface area contributed by atoms with Crippen LogP contribution in [0, 0.1) is 0 Å². The van der Waals surface area contributed by atoms with Gasteiger partial charge in [0.15, 0.2) is 0 Å². The lowest BCUT2D eigenvalue weighted by molar-refractivity contribution is 0.0941. The Bertz CT molecular complexity index is 465. The molecule has 2 rings (SSSR count). The molecule has 104 valence electrons. The third-order valence-electron chi connectivity index (χ3n) is 3.58. The van der Waals surface area contributed by atoms with E-state index in [0.29, 0.717) is 28.2 Å². The Morgan fingerprint density at radius 3 is 2.95 bits per heavy atom. The number of likely N-dealkylation sites (N-methyl/N-ethyl adjacent to an activating group) is 1. The number of likely N-dealkylation sites (tertiary alicyclic amines) is 1. The Morgan fingerprint density at radius 1 is 1.47 bits per heavy atom. The largest absolute Gasteiger partial charge is 0.350 e. The maximum Gasteiger partial charge on any atom is 0.252 e. The van der Waals surface area contributed by atoms with Crippen LogP contribution in [-0.2, 0) is 0 Å². The molecule has 1 aliphatic rings. The number of benzene rings is 1. The fourth-order valence-electron chi connectivity index (χ4n) is 2.52. The molecule has 0 radical (unpaired) electrons. The molecule has 5 heteroatoms. The first-order valence-corrected chi connectivity index (χ1v) is 7.34. The third kappa shape index (κ3) is 3.62. The predicted molar refractivity (Wildman–Crippen MR) is 79.1 cm³/mol. The summed E-state index contributed by atoms with van der Waals surface area (Å²) in [5.41, 5.74) is 0.479. The molecular formula is C14H18Cl2N2O. The van der Waals surface area contributed by atoms with E-state index in [1.165, 1.54) is 6.42 Å². The first kappa shape index (κ1) is 14.6. The molecule has 1 heterocycles. The molecule has 19 heavy (non-hydrogen) atoms. The highest BCUT2D eigenvalue weighted by Gasteiger charge is 2.23. The second-order valence-electron chi connectivity index (χ2n) is 4.76. The Labute approximate surface area is 123 Å². The van der Waals surface area contributed by atoms with Gasteiger partial charge in [-0.2, -0.15) is 0 Å². The van der Waals surface area contributed by atoms with Crippen LogP contribution >= 0.6 is 23.2 Å². The van der Waals surface area contributed by atoms with E-state index in [1.807, 2.05) is 0 Å². The number of hydrogen-bond acceptors (Lipinski definition) is 2. The van der Waals surface area contributed by atoms with Crippen molar-refractivity contribution in [1.29, 1.82) is 0 Å². The van der Waals surface area contributed by atoms with Crippen molar-refractivity contribution in [2.45, 2.75) is 25.8 Å². The van der Waals surface area contributed by atoms with Gasteiger partial charge in [0.1, 0.15) is 0 Å². The van der Waals surface area contributed by atoms with Crippen LogP contribution in [0.15, 0.2) is 18.2 Å². The molecule has 0 aromatic heterocycles. The Morgan fingerprint density at radius 2 is 2.26 bits per heavy atom. The highest BCUT2D eigenvalue weighted by molar-refractivity contribution is 6.36. The number of rotatable bonds is 4. The molecule has 0 unspecified atom stereocenters. The van der Waals surface area contributed by atoms with Crippen LogP contribution in [0.2, 0.25) is 10.0 Å². The van der Waals surface area contributed by atoms with Crippen LogP contribution in [-0.4, -0.2) is 36.5 Å². The number of nitrogens with zero attached hydrogens (tertiary/aromatic N) is 1. The Balaban J connectivity index is 1.94. The lowest BCUT2D eigenvalue weighted by Gasteiger charge is -2.22. The molecule has 1 atom stereocenters. The van der Waals surface area contributed by atoms with E-state index in [0.717, 1.165) is 19.5 Å². The molecule has 1 amide bonds. The van der Waals surface area contributed by atoms with Crippen LogP contribution in [0.3, 0.4) is 0 Å². The minimum absolute atomic E-state index is 0.135. The zero-order chi connectivity index (χ0) is 13.8. The van der Waals surface area contributed by atoms with Gasteiger partial charge in [-0.05, 0) is 44.1 Å². The average Bonchev–Trinajstić information content (AvgIpc) is 2.83. The van der Waals surface area contributed by atoms with Crippen LogP contribution in [0.1, 0.15) is 30.1 Å². The average molecular weight is 301 g/mol. The minimum Gasteiger partial charge on any atom is -0.350 e. The molecule has 1 aliphatic heterocycles. The van der Waals surface area contributed by atoms with Crippen molar-refractivity contribution in [3.63, 3.8) is 0 Å². The summed E-state index contributed by atoms with van der Waals surface area (Å²) in [6.45, 7) is 4.98. The quantitative estimate of drug-likeness (QED) is 0.926. The number of halogens is 2. The van der Waals surface area contributed by atoms with Crippen molar-refractivity contribution in [3.05, 3.63) is 33.8 Å². The number of amides is 1. The lowest BCUT2D eigenvalue weighted by Crippen LogP contribution is -2.40. The summed E-state index contributed by atoms with van der Waals surface area (Å²) in [4.78, 5) is 14.5. The summed E-state index contributed by atoms with van der Waals surface area (Å²) >= 11 is 11.8. The smallest absolute Gasteiger partial charge is 0.252 e. The summed E-state index contributed by atoms with van der Waals surface area (Å²) in [6, 6.07) is 5.37. The van der Waals surface area contributed by atoms with Gasteiger partial charge in [-0.1, -0.05) is 30.1 Å². The molecule has 1 aromatic carbocycles. The van der Waals surface area contributed by atoms with Crippen LogP contribution in [0.25, 0.3) is 0 Å². The summed E-state index contributed by atoms with van der Waals surface area (Å²) in [5.74, 6) is -0.135. The number of carbonyl (C=O) groups excluding carboxylic acids is 1. The van der Waals surface area contributed by atoms with Crippen molar-refractivity contribution in [3.8, 4) is 0 Å². The molecule has 0 saturated carbocycles. The molecule has 3 nitrogen and oxygen atoms in total. The summed E-state index contributed by atoms with van der Waals surface area (Å²) in [7, 11) is 0. The van der Waals surface area contributed by atoms with E-state index < -0.39 is 0 Å². The number of nitrogens with one attached hydrogen (secondary N) is 1. The van der Waals surface area contributed by atoms with Gasteiger partial charge >= 0.3 is 0 Å². The maximum atomic E-state index is 12.1. The van der Waals surface area contributed by atoms with Gasteiger partial charge in [-0.15, -0.1) is 0 Å². The fourth-order valence-corrected chi connectivity index (χ4v) is 3.02. The first-order chi connectivity index (χ1) is 9.11. The van der Waals surface area contributed by atoms with Crippen molar-refractivity contribution in [1.82, 2.24) is 10.2 Å². The normalized spacial score (nSPS) is 19.6.